The predicted molar refractivity (Wildman–Crippen MR) is 127 cm³/mol. The highest BCUT2D eigenvalue weighted by Gasteiger charge is 2.28. The maximum Gasteiger partial charge on any atom is 0.326 e. The zero-order valence-corrected chi connectivity index (χ0v) is 19.8. The van der Waals surface area contributed by atoms with Crippen LogP contribution in [-0.4, -0.2) is 65.1 Å². The number of aromatic hydroxyl groups is 1. The van der Waals surface area contributed by atoms with Gasteiger partial charge in [0.15, 0.2) is 0 Å². The average Bonchev–Trinajstić information content (AvgIpc) is 2.81. The summed E-state index contributed by atoms with van der Waals surface area (Å²) in [6, 6.07) is 3.07. The number of nitrogens with two attached hydrogens (primary N) is 2. The van der Waals surface area contributed by atoms with Gasteiger partial charge in [-0.2, -0.15) is 0 Å². The fraction of sp³-hybridized carbons (Fsp3) is 0.565. The number of unbranched alkanes of at least 4 members (excludes halogenated alkanes) is 1. The van der Waals surface area contributed by atoms with Gasteiger partial charge in [-0.05, 0) is 43.0 Å². The van der Waals surface area contributed by atoms with E-state index in [2.05, 4.69) is 16.0 Å². The molecule has 0 aromatic heterocycles. The van der Waals surface area contributed by atoms with Crippen LogP contribution in [-0.2, 0) is 25.6 Å². The molecule has 1 aromatic rings. The number of phenols is 1. The SMILES string of the molecule is CCC(C)C(NC(=O)C(N)CCCCN)C(=O)NCC(=O)NC(Cc1ccc(O)cc1)C(=O)O. The van der Waals surface area contributed by atoms with Crippen molar-refractivity contribution >= 4 is 23.7 Å². The minimum absolute atomic E-state index is 0.00287. The number of hydrogen-bond donors (Lipinski definition) is 7. The summed E-state index contributed by atoms with van der Waals surface area (Å²) in [5, 5.41) is 26.3. The van der Waals surface area contributed by atoms with Gasteiger partial charge in [-0.15, -0.1) is 0 Å². The Kier molecular flexibility index (Phi) is 12.6. The first-order valence-corrected chi connectivity index (χ1v) is 11.4. The number of carbonyl (C=O) groups excluding carboxylic acids is 3. The highest BCUT2D eigenvalue weighted by Crippen LogP contribution is 2.12. The van der Waals surface area contributed by atoms with E-state index in [1.165, 1.54) is 12.1 Å². The molecule has 0 saturated carbocycles. The standard InChI is InChI=1S/C23H37N5O6/c1-3-14(2)20(28-21(31)17(25)6-4-5-11-24)22(32)26-13-19(30)27-18(23(33)34)12-15-7-9-16(29)10-8-15/h7-10,14,17-18,20,29H,3-6,11-13,24-25H2,1-2H3,(H,26,32)(H,27,30)(H,28,31)(H,33,34). The maximum atomic E-state index is 12.7. The summed E-state index contributed by atoms with van der Waals surface area (Å²) in [6.45, 7) is 3.71. The topological polar surface area (TPSA) is 197 Å². The van der Waals surface area contributed by atoms with Crippen molar-refractivity contribution in [1.82, 2.24) is 16.0 Å². The second kappa shape index (κ2) is 14.9. The fourth-order valence-electron chi connectivity index (χ4n) is 3.19. The number of carboxylic acids is 1. The van der Waals surface area contributed by atoms with E-state index < -0.39 is 48.4 Å². The Morgan fingerprint density at radius 2 is 1.68 bits per heavy atom. The van der Waals surface area contributed by atoms with E-state index >= 15 is 0 Å². The number of amides is 3. The smallest absolute Gasteiger partial charge is 0.326 e. The minimum Gasteiger partial charge on any atom is -0.508 e. The lowest BCUT2D eigenvalue weighted by Crippen LogP contribution is -2.55. The van der Waals surface area contributed by atoms with E-state index in [-0.39, 0.29) is 18.1 Å². The van der Waals surface area contributed by atoms with Crippen molar-refractivity contribution in [3.05, 3.63) is 29.8 Å². The van der Waals surface area contributed by atoms with Crippen LogP contribution in [0, 0.1) is 5.92 Å². The van der Waals surface area contributed by atoms with E-state index in [9.17, 15) is 29.4 Å². The lowest BCUT2D eigenvalue weighted by atomic mass is 9.97. The molecule has 11 nitrogen and oxygen atoms in total. The zero-order valence-electron chi connectivity index (χ0n) is 19.8. The van der Waals surface area contributed by atoms with Gasteiger partial charge in [-0.1, -0.05) is 38.8 Å². The van der Waals surface area contributed by atoms with Crippen molar-refractivity contribution in [2.24, 2.45) is 17.4 Å². The molecule has 0 saturated heterocycles. The molecule has 0 radical (unpaired) electrons. The normalized spacial score (nSPS) is 14.4. The molecular formula is C23H37N5O6. The molecule has 0 spiro atoms. The number of phenolic OH excluding ortho intramolecular Hbond substituents is 1. The third-order valence-electron chi connectivity index (χ3n) is 5.53. The molecule has 4 atom stereocenters. The summed E-state index contributed by atoms with van der Waals surface area (Å²) in [5.74, 6) is -3.11. The first-order chi connectivity index (χ1) is 16.1. The summed E-state index contributed by atoms with van der Waals surface area (Å²) in [4.78, 5) is 49.0. The number of aliphatic carboxylic acids is 1. The van der Waals surface area contributed by atoms with Crippen LogP contribution in [0.15, 0.2) is 24.3 Å². The van der Waals surface area contributed by atoms with Crippen LogP contribution < -0.4 is 27.4 Å². The molecular weight excluding hydrogens is 442 g/mol. The molecule has 0 heterocycles. The molecule has 0 aliphatic rings. The van der Waals surface area contributed by atoms with E-state index in [1.54, 1.807) is 19.1 Å². The molecule has 190 valence electrons. The lowest BCUT2D eigenvalue weighted by Gasteiger charge is -2.25. The Labute approximate surface area is 199 Å². The van der Waals surface area contributed by atoms with Crippen LogP contribution in [0.1, 0.15) is 45.1 Å². The first-order valence-electron chi connectivity index (χ1n) is 11.4. The summed E-state index contributed by atoms with van der Waals surface area (Å²) in [6.07, 6.45) is 2.48. The average molecular weight is 480 g/mol. The van der Waals surface area contributed by atoms with Crippen molar-refractivity contribution in [3.8, 4) is 5.75 Å². The summed E-state index contributed by atoms with van der Waals surface area (Å²) < 4.78 is 0. The van der Waals surface area contributed by atoms with E-state index in [0.717, 1.165) is 6.42 Å². The summed E-state index contributed by atoms with van der Waals surface area (Å²) >= 11 is 0. The Hall–Kier alpha value is -3.18. The van der Waals surface area contributed by atoms with Gasteiger partial charge in [0.1, 0.15) is 17.8 Å². The van der Waals surface area contributed by atoms with Gasteiger partial charge >= 0.3 is 5.97 Å². The Morgan fingerprint density at radius 1 is 1.03 bits per heavy atom. The van der Waals surface area contributed by atoms with Gasteiger partial charge in [0.25, 0.3) is 0 Å². The molecule has 0 bridgehead atoms. The van der Waals surface area contributed by atoms with Crippen molar-refractivity contribution in [2.45, 2.75) is 64.1 Å². The number of benzene rings is 1. The predicted octanol–water partition coefficient (Wildman–Crippen LogP) is -0.392. The molecule has 0 aliphatic heterocycles. The number of carboxylic acid groups (broad SMARTS) is 1. The molecule has 9 N–H and O–H groups in total. The minimum atomic E-state index is -1.24. The van der Waals surface area contributed by atoms with Crippen molar-refractivity contribution in [3.63, 3.8) is 0 Å². The molecule has 34 heavy (non-hydrogen) atoms. The molecule has 1 rings (SSSR count). The van der Waals surface area contributed by atoms with Crippen LogP contribution in [0.25, 0.3) is 0 Å². The second-order valence-corrected chi connectivity index (χ2v) is 8.31. The molecule has 3 amide bonds. The largest absolute Gasteiger partial charge is 0.508 e. The van der Waals surface area contributed by atoms with Crippen molar-refractivity contribution < 1.29 is 29.4 Å². The maximum absolute atomic E-state index is 12.7. The molecule has 4 unspecified atom stereocenters. The third kappa shape index (κ3) is 10.2. The number of rotatable bonds is 15. The van der Waals surface area contributed by atoms with Crippen molar-refractivity contribution in [1.29, 1.82) is 0 Å². The van der Waals surface area contributed by atoms with Crippen LogP contribution in [0.3, 0.4) is 0 Å². The molecule has 0 fully saturated rings. The van der Waals surface area contributed by atoms with Gasteiger partial charge in [0.2, 0.25) is 17.7 Å². The molecule has 1 aromatic carbocycles. The van der Waals surface area contributed by atoms with E-state index in [0.29, 0.717) is 31.4 Å². The Morgan fingerprint density at radius 3 is 2.24 bits per heavy atom. The van der Waals surface area contributed by atoms with Gasteiger partial charge in [-0.25, -0.2) is 4.79 Å². The fourth-order valence-corrected chi connectivity index (χ4v) is 3.19. The van der Waals surface area contributed by atoms with Crippen LogP contribution in [0.2, 0.25) is 0 Å². The summed E-state index contributed by atoms with van der Waals surface area (Å²) in [7, 11) is 0. The van der Waals surface area contributed by atoms with E-state index in [1.807, 2.05) is 6.92 Å². The second-order valence-electron chi connectivity index (χ2n) is 8.31. The highest BCUT2D eigenvalue weighted by molar-refractivity contribution is 5.92. The number of nitrogens with one attached hydrogen (secondary N) is 3. The van der Waals surface area contributed by atoms with Gasteiger partial charge in [0.05, 0.1) is 12.6 Å². The molecule has 11 heteroatoms. The Bertz CT molecular complexity index is 817. The van der Waals surface area contributed by atoms with Crippen molar-refractivity contribution in [2.75, 3.05) is 13.1 Å². The lowest BCUT2D eigenvalue weighted by molar-refractivity contribution is -0.141. The number of hydrogen-bond acceptors (Lipinski definition) is 7. The monoisotopic (exact) mass is 479 g/mol. The zero-order chi connectivity index (χ0) is 25.7. The Balaban J connectivity index is 2.66. The summed E-state index contributed by atoms with van der Waals surface area (Å²) in [5.41, 5.74) is 12.0. The van der Waals surface area contributed by atoms with Crippen LogP contribution in [0.5, 0.6) is 5.75 Å². The highest BCUT2D eigenvalue weighted by atomic mass is 16.4. The van der Waals surface area contributed by atoms with Gasteiger partial charge in [-0.3, -0.25) is 14.4 Å². The van der Waals surface area contributed by atoms with Gasteiger partial charge < -0.3 is 37.6 Å². The van der Waals surface area contributed by atoms with E-state index in [4.69, 9.17) is 11.5 Å². The van der Waals surface area contributed by atoms with Crippen LogP contribution in [0.4, 0.5) is 0 Å². The molecule has 0 aliphatic carbocycles. The third-order valence-corrected chi connectivity index (χ3v) is 5.53. The van der Waals surface area contributed by atoms with Crippen LogP contribution >= 0.6 is 0 Å². The van der Waals surface area contributed by atoms with Gasteiger partial charge in [0, 0.05) is 6.42 Å². The number of carbonyl (C=O) groups is 4. The first kappa shape index (κ1) is 28.9. The quantitative estimate of drug-likeness (QED) is 0.165.